The number of hydrogen-bond acceptors (Lipinski definition) is 6. The standard InChI is InChI=1S/C25H28BN3O5/c26-20-12-22(30)27-24(31)23(20)29-14-19-18(25(29)32)2-1-3-21(19)34-15-17-6-4-16(5-7-17)13-28-8-10-33-11-9-28/h1-7,20,23H,8-15,26H2,(H,27,30,31). The van der Waals surface area contributed by atoms with Gasteiger partial charge in [0.25, 0.3) is 5.91 Å². The summed E-state index contributed by atoms with van der Waals surface area (Å²) in [6, 6.07) is 13.2. The Morgan fingerprint density at radius 2 is 1.76 bits per heavy atom. The fourth-order valence-corrected chi connectivity index (χ4v) is 4.98. The Labute approximate surface area is 199 Å². The van der Waals surface area contributed by atoms with Crippen molar-refractivity contribution in [3.05, 3.63) is 64.7 Å². The number of imide groups is 1. The number of ether oxygens (including phenoxy) is 2. The first kappa shape index (κ1) is 22.6. The quantitative estimate of drug-likeness (QED) is 0.508. The Balaban J connectivity index is 1.25. The van der Waals surface area contributed by atoms with E-state index in [-0.39, 0.29) is 24.1 Å². The SMILES string of the molecule is BC1CC(=O)NC(=O)C1N1Cc2c(OCc3ccc(CN4CCOCC4)cc3)cccc2C1=O. The van der Waals surface area contributed by atoms with Gasteiger partial charge in [0.05, 0.1) is 19.8 Å². The Hall–Kier alpha value is -3.17. The van der Waals surface area contributed by atoms with Gasteiger partial charge in [0.2, 0.25) is 11.8 Å². The minimum atomic E-state index is -0.663. The number of amides is 3. The van der Waals surface area contributed by atoms with Gasteiger partial charge < -0.3 is 14.4 Å². The van der Waals surface area contributed by atoms with Crippen molar-refractivity contribution in [2.45, 2.75) is 38.0 Å². The zero-order valence-electron chi connectivity index (χ0n) is 19.3. The maximum Gasteiger partial charge on any atom is 0.255 e. The Morgan fingerprint density at radius 3 is 2.50 bits per heavy atom. The zero-order valence-corrected chi connectivity index (χ0v) is 19.3. The summed E-state index contributed by atoms with van der Waals surface area (Å²) in [5.74, 6) is -0.498. The van der Waals surface area contributed by atoms with Gasteiger partial charge in [-0.3, -0.25) is 24.6 Å². The average molecular weight is 461 g/mol. The van der Waals surface area contributed by atoms with Crippen molar-refractivity contribution >= 4 is 25.6 Å². The number of piperidine rings is 1. The predicted octanol–water partition coefficient (Wildman–Crippen LogP) is 0.890. The molecule has 0 radical (unpaired) electrons. The number of nitrogens with one attached hydrogen (secondary N) is 1. The molecule has 2 saturated heterocycles. The van der Waals surface area contributed by atoms with Crippen LogP contribution in [0.1, 0.15) is 33.5 Å². The van der Waals surface area contributed by atoms with Crippen molar-refractivity contribution < 1.29 is 23.9 Å². The van der Waals surface area contributed by atoms with E-state index in [4.69, 9.17) is 9.47 Å². The summed E-state index contributed by atoms with van der Waals surface area (Å²) in [5, 5.41) is 2.36. The molecule has 1 N–H and O–H groups in total. The third kappa shape index (κ3) is 4.58. The molecule has 0 aliphatic carbocycles. The van der Waals surface area contributed by atoms with E-state index < -0.39 is 11.9 Å². The summed E-state index contributed by atoms with van der Waals surface area (Å²) in [5.41, 5.74) is 3.64. The molecular weight excluding hydrogens is 433 g/mol. The van der Waals surface area contributed by atoms with Crippen LogP contribution < -0.4 is 10.1 Å². The number of nitrogens with zero attached hydrogens (tertiary/aromatic N) is 2. The summed E-state index contributed by atoms with van der Waals surface area (Å²) >= 11 is 0. The highest BCUT2D eigenvalue weighted by Gasteiger charge is 2.43. The Kier molecular flexibility index (Phi) is 6.39. The first-order chi connectivity index (χ1) is 16.5. The molecule has 0 spiro atoms. The molecule has 5 rings (SSSR count). The van der Waals surface area contributed by atoms with Gasteiger partial charge in [0.15, 0.2) is 0 Å². The van der Waals surface area contributed by atoms with E-state index in [0.29, 0.717) is 24.5 Å². The van der Waals surface area contributed by atoms with Crippen LogP contribution in [-0.2, 0) is 34.0 Å². The van der Waals surface area contributed by atoms with Gasteiger partial charge in [-0.05, 0) is 29.1 Å². The first-order valence-electron chi connectivity index (χ1n) is 11.8. The molecule has 0 aromatic heterocycles. The molecule has 9 heteroatoms. The molecule has 2 atom stereocenters. The lowest BCUT2D eigenvalue weighted by atomic mass is 9.75. The molecule has 34 heavy (non-hydrogen) atoms. The number of benzene rings is 2. The van der Waals surface area contributed by atoms with Crippen LogP contribution in [0.5, 0.6) is 5.75 Å². The van der Waals surface area contributed by atoms with E-state index in [1.54, 1.807) is 17.0 Å². The van der Waals surface area contributed by atoms with Gasteiger partial charge in [-0.15, -0.1) is 0 Å². The second kappa shape index (κ2) is 9.60. The normalized spacial score (nSPS) is 23.1. The van der Waals surface area contributed by atoms with Crippen molar-refractivity contribution in [1.29, 1.82) is 0 Å². The third-order valence-electron chi connectivity index (χ3n) is 6.79. The van der Waals surface area contributed by atoms with Gasteiger partial charge in [0, 0.05) is 37.2 Å². The molecule has 2 fully saturated rings. The van der Waals surface area contributed by atoms with Crippen LogP contribution in [-0.4, -0.2) is 67.7 Å². The minimum absolute atomic E-state index is 0.200. The van der Waals surface area contributed by atoms with Crippen molar-refractivity contribution in [3.63, 3.8) is 0 Å². The Bertz CT molecular complexity index is 1100. The highest BCUT2D eigenvalue weighted by atomic mass is 16.5. The predicted molar refractivity (Wildman–Crippen MR) is 127 cm³/mol. The second-order valence-electron chi connectivity index (χ2n) is 9.25. The topological polar surface area (TPSA) is 88.2 Å². The fourth-order valence-electron chi connectivity index (χ4n) is 4.98. The third-order valence-corrected chi connectivity index (χ3v) is 6.79. The van der Waals surface area contributed by atoms with Crippen LogP contribution in [0.3, 0.4) is 0 Å². The molecule has 0 bridgehead atoms. The van der Waals surface area contributed by atoms with E-state index in [0.717, 1.165) is 44.0 Å². The Morgan fingerprint density at radius 1 is 1.03 bits per heavy atom. The van der Waals surface area contributed by atoms with Gasteiger partial charge >= 0.3 is 0 Å². The highest BCUT2D eigenvalue weighted by Crippen LogP contribution is 2.35. The molecule has 3 aliphatic rings. The lowest BCUT2D eigenvalue weighted by Gasteiger charge is -2.34. The maximum atomic E-state index is 13.1. The molecule has 2 aromatic carbocycles. The van der Waals surface area contributed by atoms with Crippen LogP contribution in [0, 0.1) is 0 Å². The smallest absolute Gasteiger partial charge is 0.255 e. The summed E-state index contributed by atoms with van der Waals surface area (Å²) < 4.78 is 11.5. The van der Waals surface area contributed by atoms with E-state index in [1.807, 2.05) is 13.9 Å². The largest absolute Gasteiger partial charge is 0.489 e. The summed E-state index contributed by atoms with van der Waals surface area (Å²) in [7, 11) is 1.83. The second-order valence-corrected chi connectivity index (χ2v) is 9.25. The van der Waals surface area contributed by atoms with Crippen LogP contribution in [0.2, 0.25) is 5.82 Å². The van der Waals surface area contributed by atoms with Gasteiger partial charge in [-0.25, -0.2) is 0 Å². The number of carbonyl (C=O) groups is 3. The van der Waals surface area contributed by atoms with E-state index >= 15 is 0 Å². The molecule has 3 aliphatic heterocycles. The van der Waals surface area contributed by atoms with Gasteiger partial charge in [-0.2, -0.15) is 0 Å². The monoisotopic (exact) mass is 461 g/mol. The van der Waals surface area contributed by atoms with Crippen molar-refractivity contribution in [3.8, 4) is 5.75 Å². The molecule has 176 valence electrons. The number of morpholine rings is 1. The van der Waals surface area contributed by atoms with Gasteiger partial charge in [0.1, 0.15) is 26.2 Å². The molecule has 3 heterocycles. The molecule has 2 unspecified atom stereocenters. The van der Waals surface area contributed by atoms with Gasteiger partial charge in [-0.1, -0.05) is 30.3 Å². The highest BCUT2D eigenvalue weighted by molar-refractivity contribution is 6.20. The summed E-state index contributed by atoms with van der Waals surface area (Å²) in [4.78, 5) is 41.2. The average Bonchev–Trinajstić information content (AvgIpc) is 3.15. The van der Waals surface area contributed by atoms with Crippen molar-refractivity contribution in [2.75, 3.05) is 26.3 Å². The van der Waals surface area contributed by atoms with Crippen molar-refractivity contribution in [2.24, 2.45) is 0 Å². The fraction of sp³-hybridized carbons (Fsp3) is 0.400. The van der Waals surface area contributed by atoms with Crippen molar-refractivity contribution in [1.82, 2.24) is 15.1 Å². The molecule has 8 nitrogen and oxygen atoms in total. The van der Waals surface area contributed by atoms with Crippen LogP contribution >= 0.6 is 0 Å². The van der Waals surface area contributed by atoms with E-state index in [2.05, 4.69) is 34.5 Å². The van der Waals surface area contributed by atoms with Crippen LogP contribution in [0.15, 0.2) is 42.5 Å². The number of hydrogen-bond donors (Lipinski definition) is 1. The van der Waals surface area contributed by atoms with Crippen LogP contribution in [0.25, 0.3) is 0 Å². The minimum Gasteiger partial charge on any atom is -0.489 e. The summed E-state index contributed by atoms with van der Waals surface area (Å²) in [6.45, 7) is 5.07. The molecule has 2 aromatic rings. The molecule has 0 saturated carbocycles. The number of fused-ring (bicyclic) bond motifs is 1. The molecular formula is C25H28BN3O5. The maximum absolute atomic E-state index is 13.1. The zero-order chi connectivity index (χ0) is 23.7. The first-order valence-corrected chi connectivity index (χ1v) is 11.8. The van der Waals surface area contributed by atoms with E-state index in [1.165, 1.54) is 5.56 Å². The summed E-state index contributed by atoms with van der Waals surface area (Å²) in [6.07, 6.45) is 0.224. The number of carbonyl (C=O) groups excluding carboxylic acids is 3. The number of rotatable bonds is 6. The van der Waals surface area contributed by atoms with Crippen LogP contribution in [0.4, 0.5) is 0 Å². The lowest BCUT2D eigenvalue weighted by molar-refractivity contribution is -0.136. The lowest BCUT2D eigenvalue weighted by Crippen LogP contribution is -2.55. The molecule has 3 amide bonds. The van der Waals surface area contributed by atoms with E-state index in [9.17, 15) is 14.4 Å².